The van der Waals surface area contributed by atoms with Crippen LogP contribution in [0.2, 0.25) is 0 Å². The standard InChI is InChI=1S/C13H16N4O8S2/c1-2-25-13(26,14-3-5-24-6-4-14)27-12-10(16(20)21)7-9(15(18)19)8-11(12)17(22)23/h7-8,26H,2-6H2,1H3. The van der Waals surface area contributed by atoms with Crippen LogP contribution in [0.25, 0.3) is 0 Å². The van der Waals surface area contributed by atoms with Crippen molar-refractivity contribution in [2.24, 2.45) is 0 Å². The zero-order valence-electron chi connectivity index (χ0n) is 14.1. The van der Waals surface area contributed by atoms with Crippen molar-refractivity contribution >= 4 is 41.5 Å². The number of nitrogens with zero attached hydrogens (tertiary/aromatic N) is 4. The van der Waals surface area contributed by atoms with Crippen LogP contribution < -0.4 is 0 Å². The van der Waals surface area contributed by atoms with Crippen LogP contribution in [0.15, 0.2) is 17.0 Å². The maximum Gasteiger partial charge on any atom is 0.296 e. The Hall–Kier alpha value is -2.00. The summed E-state index contributed by atoms with van der Waals surface area (Å²) in [7, 11) is 0. The molecule has 1 aromatic rings. The third-order valence-electron chi connectivity index (χ3n) is 3.62. The lowest BCUT2D eigenvalue weighted by Crippen LogP contribution is -2.49. The van der Waals surface area contributed by atoms with E-state index < -0.39 is 36.2 Å². The van der Waals surface area contributed by atoms with Gasteiger partial charge in [-0.05, 0) is 18.7 Å². The van der Waals surface area contributed by atoms with Crippen molar-refractivity contribution in [3.63, 3.8) is 0 Å². The number of benzene rings is 1. The molecule has 1 aliphatic heterocycles. The second-order valence-electron chi connectivity index (χ2n) is 5.27. The number of ether oxygens (including phenoxy) is 2. The molecule has 0 amide bonds. The number of hydrogen-bond donors (Lipinski definition) is 1. The molecule has 1 atom stereocenters. The molecule has 0 radical (unpaired) electrons. The Kier molecular flexibility index (Phi) is 6.94. The van der Waals surface area contributed by atoms with E-state index in [0.717, 1.165) is 0 Å². The zero-order chi connectivity index (χ0) is 20.2. The van der Waals surface area contributed by atoms with Crippen LogP contribution in [0.3, 0.4) is 0 Å². The number of rotatable bonds is 8. The Morgan fingerprint density at radius 1 is 1.15 bits per heavy atom. The molecule has 1 fully saturated rings. The highest BCUT2D eigenvalue weighted by Crippen LogP contribution is 2.49. The molecule has 2 rings (SSSR count). The van der Waals surface area contributed by atoms with Gasteiger partial charge in [-0.2, -0.15) is 0 Å². The first-order valence-corrected chi connectivity index (χ1v) is 8.95. The first-order chi connectivity index (χ1) is 12.7. The maximum atomic E-state index is 11.4. The van der Waals surface area contributed by atoms with Gasteiger partial charge in [-0.15, -0.1) is 12.6 Å². The number of non-ortho nitro benzene ring substituents is 1. The second-order valence-corrected chi connectivity index (χ2v) is 7.34. The average Bonchev–Trinajstić information content (AvgIpc) is 2.62. The van der Waals surface area contributed by atoms with Crippen LogP contribution in [0.5, 0.6) is 0 Å². The number of thiol groups is 1. The topological polar surface area (TPSA) is 151 Å². The van der Waals surface area contributed by atoms with Crippen molar-refractivity contribution in [2.75, 3.05) is 32.9 Å². The Morgan fingerprint density at radius 3 is 2.07 bits per heavy atom. The van der Waals surface area contributed by atoms with Crippen molar-refractivity contribution in [1.82, 2.24) is 4.90 Å². The molecule has 0 aromatic heterocycles. The van der Waals surface area contributed by atoms with E-state index in [2.05, 4.69) is 12.6 Å². The summed E-state index contributed by atoms with van der Waals surface area (Å²) in [5.41, 5.74) is -2.26. The molecule has 1 heterocycles. The van der Waals surface area contributed by atoms with Gasteiger partial charge in [0.05, 0.1) is 40.1 Å². The molecule has 14 heteroatoms. The van der Waals surface area contributed by atoms with Gasteiger partial charge < -0.3 is 9.47 Å². The third-order valence-corrected chi connectivity index (χ3v) is 5.57. The second kappa shape index (κ2) is 8.79. The lowest BCUT2D eigenvalue weighted by molar-refractivity contribution is -0.407. The summed E-state index contributed by atoms with van der Waals surface area (Å²) >= 11 is 5.14. The summed E-state index contributed by atoms with van der Waals surface area (Å²) in [5.74, 6) is 0. The monoisotopic (exact) mass is 420 g/mol. The Morgan fingerprint density at radius 2 is 1.67 bits per heavy atom. The van der Waals surface area contributed by atoms with Crippen molar-refractivity contribution in [3.8, 4) is 0 Å². The molecule has 0 aliphatic carbocycles. The lowest BCUT2D eigenvalue weighted by Gasteiger charge is -2.40. The molecule has 0 N–H and O–H groups in total. The van der Waals surface area contributed by atoms with Crippen molar-refractivity contribution < 1.29 is 24.2 Å². The summed E-state index contributed by atoms with van der Waals surface area (Å²) in [5, 5.41) is 33.9. The van der Waals surface area contributed by atoms with Gasteiger partial charge in [0.2, 0.25) is 4.39 Å². The fourth-order valence-corrected chi connectivity index (χ4v) is 4.25. The molecule has 148 valence electrons. The molecular formula is C13H16N4O8S2. The summed E-state index contributed by atoms with van der Waals surface area (Å²) in [4.78, 5) is 32.5. The molecule has 1 unspecified atom stereocenters. The van der Waals surface area contributed by atoms with E-state index in [-0.39, 0.29) is 11.5 Å². The summed E-state index contributed by atoms with van der Waals surface area (Å²) < 4.78 is 9.44. The average molecular weight is 420 g/mol. The van der Waals surface area contributed by atoms with Crippen LogP contribution >= 0.6 is 24.4 Å². The number of morpholine rings is 1. The molecule has 1 aromatic carbocycles. The van der Waals surface area contributed by atoms with Crippen LogP contribution in [-0.2, 0) is 9.47 Å². The largest absolute Gasteiger partial charge is 0.379 e. The molecule has 0 saturated carbocycles. The van der Waals surface area contributed by atoms with Crippen LogP contribution in [0.4, 0.5) is 17.1 Å². The summed E-state index contributed by atoms with van der Waals surface area (Å²) in [6, 6.07) is 1.38. The van der Waals surface area contributed by atoms with Crippen molar-refractivity contribution in [3.05, 3.63) is 42.5 Å². The highest BCUT2D eigenvalue weighted by Gasteiger charge is 2.42. The van der Waals surface area contributed by atoms with Gasteiger partial charge in [-0.3, -0.25) is 35.2 Å². The quantitative estimate of drug-likeness (QED) is 0.218. The molecule has 27 heavy (non-hydrogen) atoms. The van der Waals surface area contributed by atoms with Crippen LogP contribution in [-0.4, -0.2) is 57.0 Å². The molecule has 1 saturated heterocycles. The summed E-state index contributed by atoms with van der Waals surface area (Å²) in [6.45, 7) is 3.41. The van der Waals surface area contributed by atoms with E-state index in [1.165, 1.54) is 0 Å². The van der Waals surface area contributed by atoms with Gasteiger partial charge in [-0.25, -0.2) is 0 Å². The van der Waals surface area contributed by atoms with Gasteiger partial charge in [0.1, 0.15) is 0 Å². The highest BCUT2D eigenvalue weighted by atomic mass is 32.2. The molecular weight excluding hydrogens is 404 g/mol. The van der Waals surface area contributed by atoms with Gasteiger partial charge >= 0.3 is 0 Å². The molecule has 0 spiro atoms. The first-order valence-electron chi connectivity index (χ1n) is 7.69. The Bertz CT molecular complexity index is 723. The van der Waals surface area contributed by atoms with Gasteiger partial charge in [0, 0.05) is 19.7 Å². The minimum Gasteiger partial charge on any atom is -0.379 e. The Balaban J connectivity index is 2.58. The van der Waals surface area contributed by atoms with Crippen molar-refractivity contribution in [2.45, 2.75) is 16.2 Å². The van der Waals surface area contributed by atoms with Gasteiger partial charge in [0.15, 0.2) is 4.90 Å². The predicted octanol–water partition coefficient (Wildman–Crippen LogP) is 2.41. The van der Waals surface area contributed by atoms with Gasteiger partial charge in [0.25, 0.3) is 17.1 Å². The third kappa shape index (κ3) is 4.84. The highest BCUT2D eigenvalue weighted by molar-refractivity contribution is 8.11. The zero-order valence-corrected chi connectivity index (χ0v) is 15.8. The predicted molar refractivity (Wildman–Crippen MR) is 98.0 cm³/mol. The SMILES string of the molecule is CCOC(S)(Sc1c([N+](=O)[O-])cc([N+](=O)[O-])cc1[N+](=O)[O-])N1CCOCC1. The fraction of sp³-hybridized carbons (Fsp3) is 0.538. The Labute approximate surface area is 162 Å². The van der Waals surface area contributed by atoms with Gasteiger partial charge in [-0.1, -0.05) is 0 Å². The number of hydrogen-bond acceptors (Lipinski definition) is 11. The molecule has 1 aliphatic rings. The van der Waals surface area contributed by atoms with E-state index in [9.17, 15) is 30.3 Å². The molecule has 0 bridgehead atoms. The number of thioether (sulfide) groups is 1. The lowest BCUT2D eigenvalue weighted by atomic mass is 10.2. The normalized spacial score (nSPS) is 17.3. The maximum absolute atomic E-state index is 11.4. The van der Waals surface area contributed by atoms with E-state index >= 15 is 0 Å². The van der Waals surface area contributed by atoms with E-state index in [1.807, 2.05) is 0 Å². The van der Waals surface area contributed by atoms with Crippen molar-refractivity contribution in [1.29, 1.82) is 0 Å². The molecule has 12 nitrogen and oxygen atoms in total. The number of nitro benzene ring substituents is 3. The fourth-order valence-electron chi connectivity index (χ4n) is 2.42. The smallest absolute Gasteiger partial charge is 0.296 e. The summed E-state index contributed by atoms with van der Waals surface area (Å²) in [6.07, 6.45) is 0. The first kappa shape index (κ1) is 21.3. The minimum atomic E-state index is -1.45. The van der Waals surface area contributed by atoms with E-state index in [1.54, 1.807) is 11.8 Å². The van der Waals surface area contributed by atoms with Crippen LogP contribution in [0.1, 0.15) is 6.92 Å². The van der Waals surface area contributed by atoms with Crippen LogP contribution in [0, 0.1) is 30.3 Å². The van der Waals surface area contributed by atoms with E-state index in [0.29, 0.717) is 50.2 Å². The minimum absolute atomic E-state index is 0.183. The number of nitro groups is 3. The van der Waals surface area contributed by atoms with E-state index in [4.69, 9.17) is 9.47 Å².